The highest BCUT2D eigenvalue weighted by Gasteiger charge is 2.32. The fraction of sp³-hybridized carbons (Fsp3) is 0.500. The number of nitrogens with two attached hydrogens (primary N) is 1. The maximum Gasteiger partial charge on any atom is 0.362 e. The van der Waals surface area contributed by atoms with E-state index in [1.165, 1.54) is 16.7 Å². The number of aromatic nitrogens is 3. The first kappa shape index (κ1) is 13.5. The van der Waals surface area contributed by atoms with E-state index in [-0.39, 0.29) is 12.5 Å². The molecule has 9 heteroatoms. The predicted molar refractivity (Wildman–Crippen MR) is 72.5 cm³/mol. The van der Waals surface area contributed by atoms with Crippen molar-refractivity contribution in [2.45, 2.75) is 12.1 Å². The van der Waals surface area contributed by atoms with Crippen LogP contribution in [0.1, 0.15) is 6.92 Å². The number of carbonyl (C=O) groups is 1. The summed E-state index contributed by atoms with van der Waals surface area (Å²) in [4.78, 5) is 25.8. The van der Waals surface area contributed by atoms with E-state index in [0.29, 0.717) is 29.6 Å². The molecular weight excluding hydrogens is 266 g/mol. The summed E-state index contributed by atoms with van der Waals surface area (Å²) < 4.78 is 1.57. The van der Waals surface area contributed by atoms with E-state index in [2.05, 4.69) is 20.3 Å². The van der Waals surface area contributed by atoms with Crippen molar-refractivity contribution in [1.82, 2.24) is 19.9 Å². The second-order valence-corrected chi connectivity index (χ2v) is 4.65. The van der Waals surface area contributed by atoms with E-state index in [1.54, 1.807) is 11.6 Å². The Labute approximate surface area is 115 Å². The lowest BCUT2D eigenvalue weighted by Gasteiger charge is -2.04. The van der Waals surface area contributed by atoms with Gasteiger partial charge in [-0.25, -0.2) is 9.48 Å². The average Bonchev–Trinajstić information content (AvgIpc) is 2.66. The summed E-state index contributed by atoms with van der Waals surface area (Å²) in [5.41, 5.74) is 5.88. The van der Waals surface area contributed by atoms with Gasteiger partial charge in [0, 0.05) is 13.6 Å². The van der Waals surface area contributed by atoms with Gasteiger partial charge in [0.1, 0.15) is 6.54 Å². The molecule has 3 N–H and O–H groups in total. The molecule has 0 atom stereocenters. The molecule has 0 bridgehead atoms. The molecule has 0 aromatic carbocycles. The molecule has 0 spiro atoms. The Hall–Kier alpha value is -1.90. The summed E-state index contributed by atoms with van der Waals surface area (Å²) in [5.74, 6) is 1.09. The van der Waals surface area contributed by atoms with Gasteiger partial charge in [0.05, 0.1) is 0 Å². The van der Waals surface area contributed by atoms with Crippen LogP contribution in [0.5, 0.6) is 0 Å². The number of carbonyl (C=O) groups excluding carboxylic acids is 1. The lowest BCUT2D eigenvalue weighted by atomic mass is 10.6. The Kier molecular flexibility index (Phi) is 3.84. The van der Waals surface area contributed by atoms with Gasteiger partial charge in [0.2, 0.25) is 5.16 Å². The Morgan fingerprint density at radius 1 is 1.47 bits per heavy atom. The molecule has 0 radical (unpaired) electrons. The number of nitrogens with zero attached hydrogens (tertiary/aromatic N) is 5. The number of amides is 1. The largest absolute Gasteiger partial charge is 0.362 e. The van der Waals surface area contributed by atoms with Gasteiger partial charge in [-0.15, -0.1) is 0 Å². The van der Waals surface area contributed by atoms with Gasteiger partial charge < -0.3 is 11.1 Å². The summed E-state index contributed by atoms with van der Waals surface area (Å²) in [5, 5.41) is 3.61. The molecule has 0 saturated heterocycles. The van der Waals surface area contributed by atoms with Crippen molar-refractivity contribution in [3.63, 3.8) is 0 Å². The Balaban J connectivity index is 2.45. The van der Waals surface area contributed by atoms with E-state index < -0.39 is 0 Å². The van der Waals surface area contributed by atoms with Crippen molar-refractivity contribution in [2.24, 2.45) is 5.73 Å². The van der Waals surface area contributed by atoms with Gasteiger partial charge in [-0.2, -0.15) is 4.98 Å². The zero-order chi connectivity index (χ0) is 14.0. The number of hydrogen-bond acceptors (Lipinski definition) is 7. The van der Waals surface area contributed by atoms with Crippen LogP contribution in [-0.2, 0) is 4.79 Å². The second kappa shape index (κ2) is 5.39. The van der Waals surface area contributed by atoms with Crippen LogP contribution in [0, 0.1) is 0 Å². The topological polar surface area (TPSA) is 100 Å². The van der Waals surface area contributed by atoms with Crippen LogP contribution in [0.2, 0.25) is 0 Å². The number of guanidine groups is 1. The zero-order valence-corrected chi connectivity index (χ0v) is 11.9. The highest BCUT2D eigenvalue weighted by molar-refractivity contribution is 7.98. The Morgan fingerprint density at radius 2 is 2.21 bits per heavy atom. The van der Waals surface area contributed by atoms with Crippen LogP contribution in [0.25, 0.3) is 0 Å². The van der Waals surface area contributed by atoms with Crippen LogP contribution in [0.15, 0.2) is 5.16 Å². The molecule has 1 aromatic heterocycles. The van der Waals surface area contributed by atoms with Gasteiger partial charge in [0.15, 0.2) is 0 Å². The smallest absolute Gasteiger partial charge is 0.346 e. The van der Waals surface area contributed by atoms with Crippen molar-refractivity contribution in [3.05, 3.63) is 0 Å². The monoisotopic (exact) mass is 282 g/mol. The third-order valence-corrected chi connectivity index (χ3v) is 3.20. The summed E-state index contributed by atoms with van der Waals surface area (Å²) in [6, 6.07) is 0. The molecule has 19 heavy (non-hydrogen) atoms. The third-order valence-electron chi connectivity index (χ3n) is 2.65. The number of rotatable bonds is 4. The average molecular weight is 282 g/mol. The van der Waals surface area contributed by atoms with Crippen molar-refractivity contribution in [2.75, 3.05) is 31.7 Å². The molecule has 102 valence electrons. The molecule has 0 saturated carbocycles. The minimum Gasteiger partial charge on any atom is -0.346 e. The molecule has 1 aliphatic heterocycles. The van der Waals surface area contributed by atoms with Crippen LogP contribution in [0.4, 0.5) is 11.9 Å². The van der Waals surface area contributed by atoms with Gasteiger partial charge in [-0.3, -0.25) is 4.79 Å². The lowest BCUT2D eigenvalue weighted by Crippen LogP contribution is -2.35. The first-order chi connectivity index (χ1) is 9.06. The summed E-state index contributed by atoms with van der Waals surface area (Å²) in [6.45, 7) is 2.80. The molecule has 1 amide bonds. The van der Waals surface area contributed by atoms with E-state index in [1.807, 2.05) is 13.2 Å². The molecule has 2 heterocycles. The van der Waals surface area contributed by atoms with Crippen LogP contribution in [0.3, 0.4) is 0 Å². The lowest BCUT2D eigenvalue weighted by molar-refractivity contribution is -0.432. The summed E-state index contributed by atoms with van der Waals surface area (Å²) in [7, 11) is 1.62. The molecule has 0 unspecified atom stereocenters. The van der Waals surface area contributed by atoms with E-state index >= 15 is 0 Å². The number of hydrogen-bond donors (Lipinski definition) is 2. The summed E-state index contributed by atoms with van der Waals surface area (Å²) >= 11 is 1.41. The predicted octanol–water partition coefficient (Wildman–Crippen LogP) is -0.544. The normalized spacial score (nSPS) is 15.3. The van der Waals surface area contributed by atoms with Crippen LogP contribution < -0.4 is 11.1 Å². The molecule has 8 nitrogen and oxygen atoms in total. The third kappa shape index (κ3) is 2.60. The molecule has 1 aliphatic rings. The standard InChI is InChI=1S/C10H15N7OS/c1-4-12-8-13-9(15-10(14-8)19-3)17-5-6(18)16(2)7(17)11/h11H,4-5H2,1-3H3,(H,12,13,14,15)/p+1. The molecule has 0 fully saturated rings. The number of thioether (sulfide) groups is 1. The minimum absolute atomic E-state index is 0.0892. The highest BCUT2D eigenvalue weighted by Crippen LogP contribution is 2.17. The minimum atomic E-state index is -0.0892. The number of anilines is 1. The Bertz CT molecular complexity index is 545. The zero-order valence-electron chi connectivity index (χ0n) is 11.0. The van der Waals surface area contributed by atoms with Gasteiger partial charge in [-0.1, -0.05) is 21.7 Å². The van der Waals surface area contributed by atoms with E-state index in [9.17, 15) is 4.79 Å². The van der Waals surface area contributed by atoms with Gasteiger partial charge >= 0.3 is 5.95 Å². The maximum atomic E-state index is 11.6. The first-order valence-electron chi connectivity index (χ1n) is 5.77. The summed E-state index contributed by atoms with van der Waals surface area (Å²) in [6.07, 6.45) is 1.88. The van der Waals surface area contributed by atoms with E-state index in [4.69, 9.17) is 5.73 Å². The van der Waals surface area contributed by atoms with Gasteiger partial charge in [-0.05, 0) is 13.2 Å². The van der Waals surface area contributed by atoms with E-state index in [0.717, 1.165) is 0 Å². The first-order valence-corrected chi connectivity index (χ1v) is 6.99. The Morgan fingerprint density at radius 3 is 2.74 bits per heavy atom. The van der Waals surface area contributed by atoms with Crippen molar-refractivity contribution in [1.29, 1.82) is 0 Å². The number of nitrogens with one attached hydrogen (secondary N) is 1. The van der Waals surface area contributed by atoms with Crippen LogP contribution >= 0.6 is 11.8 Å². The van der Waals surface area contributed by atoms with Gasteiger partial charge in [0.25, 0.3) is 17.8 Å². The molecule has 2 rings (SSSR count). The maximum absolute atomic E-state index is 11.6. The molecular formula is C10H16N7OS+. The fourth-order valence-corrected chi connectivity index (χ4v) is 1.95. The number of likely N-dealkylation sites (N-methyl/N-ethyl adjacent to an activating group) is 1. The SMILES string of the molecule is CCNc1nc(SC)nc([N+]2=C(N)N(C)C(=O)C2)n1. The highest BCUT2D eigenvalue weighted by atomic mass is 32.2. The van der Waals surface area contributed by atoms with Crippen molar-refractivity contribution in [3.8, 4) is 0 Å². The van der Waals surface area contributed by atoms with Crippen molar-refractivity contribution >= 4 is 35.5 Å². The second-order valence-electron chi connectivity index (χ2n) is 3.87. The molecule has 1 aromatic rings. The fourth-order valence-electron chi connectivity index (χ4n) is 1.60. The molecule has 0 aliphatic carbocycles. The van der Waals surface area contributed by atoms with Crippen molar-refractivity contribution < 1.29 is 9.37 Å². The van der Waals surface area contributed by atoms with Crippen LogP contribution in [-0.4, -0.2) is 62.7 Å². The quantitative estimate of drug-likeness (QED) is 0.565.